The number of pyridine rings is 1. The molecule has 0 saturated heterocycles. The van der Waals surface area contributed by atoms with Gasteiger partial charge in [-0.2, -0.15) is 0 Å². The molecular weight excluding hydrogens is 266 g/mol. The van der Waals surface area contributed by atoms with Crippen LogP contribution in [0.25, 0.3) is 10.2 Å². The summed E-state index contributed by atoms with van der Waals surface area (Å²) in [6.45, 7) is 1.92. The second-order valence-corrected chi connectivity index (χ2v) is 5.83. The van der Waals surface area contributed by atoms with Gasteiger partial charge in [0.1, 0.15) is 0 Å². The van der Waals surface area contributed by atoms with Gasteiger partial charge in [0.2, 0.25) is 0 Å². The molecule has 2 heterocycles. The van der Waals surface area contributed by atoms with Crippen LogP contribution in [0, 0.1) is 0 Å². The molecule has 0 bridgehead atoms. The fourth-order valence-electron chi connectivity index (χ4n) is 2.12. The quantitative estimate of drug-likeness (QED) is 0.704. The lowest BCUT2D eigenvalue weighted by Crippen LogP contribution is -2.15. The van der Waals surface area contributed by atoms with Gasteiger partial charge in [0, 0.05) is 25.4 Å². The molecule has 2 aromatic heterocycles. The van der Waals surface area contributed by atoms with Gasteiger partial charge in [0.05, 0.1) is 15.2 Å². The summed E-state index contributed by atoms with van der Waals surface area (Å²) >= 11 is 1.80. The standard InChI is InChI=1S/C16H17N3S/c1-2-5-15-14(4-1)19-16(20-15)6-3-9-18-12-13-7-10-17-11-8-13/h1-2,4-5,7-8,10-11,18H,3,6,9,12H2. The van der Waals surface area contributed by atoms with Crippen LogP contribution >= 0.6 is 11.3 Å². The van der Waals surface area contributed by atoms with Crippen molar-refractivity contribution < 1.29 is 0 Å². The van der Waals surface area contributed by atoms with Crippen LogP contribution < -0.4 is 5.32 Å². The summed E-state index contributed by atoms with van der Waals surface area (Å²) in [5.41, 5.74) is 2.40. The minimum Gasteiger partial charge on any atom is -0.313 e. The first kappa shape index (κ1) is 13.2. The van der Waals surface area contributed by atoms with Crippen LogP contribution in [0.4, 0.5) is 0 Å². The van der Waals surface area contributed by atoms with E-state index >= 15 is 0 Å². The number of hydrogen-bond acceptors (Lipinski definition) is 4. The number of para-hydroxylation sites is 1. The highest BCUT2D eigenvalue weighted by atomic mass is 32.1. The average Bonchev–Trinajstić information content (AvgIpc) is 2.90. The maximum Gasteiger partial charge on any atom is 0.0939 e. The molecule has 0 saturated carbocycles. The van der Waals surface area contributed by atoms with E-state index in [-0.39, 0.29) is 0 Å². The number of fused-ring (bicyclic) bond motifs is 1. The number of aromatic nitrogens is 2. The lowest BCUT2D eigenvalue weighted by Gasteiger charge is -2.03. The molecule has 0 atom stereocenters. The van der Waals surface area contributed by atoms with E-state index in [9.17, 15) is 0 Å². The van der Waals surface area contributed by atoms with E-state index in [4.69, 9.17) is 0 Å². The summed E-state index contributed by atoms with van der Waals surface area (Å²) < 4.78 is 1.28. The largest absolute Gasteiger partial charge is 0.313 e. The second kappa shape index (κ2) is 6.59. The SMILES string of the molecule is c1ccc2sc(CCCNCc3ccncc3)nc2c1. The third-order valence-electron chi connectivity index (χ3n) is 3.16. The van der Waals surface area contributed by atoms with Gasteiger partial charge >= 0.3 is 0 Å². The van der Waals surface area contributed by atoms with Gasteiger partial charge in [-0.15, -0.1) is 11.3 Å². The predicted octanol–water partition coefficient (Wildman–Crippen LogP) is 3.41. The predicted molar refractivity (Wildman–Crippen MR) is 83.9 cm³/mol. The Bertz CT molecular complexity index is 631. The van der Waals surface area contributed by atoms with Crippen molar-refractivity contribution in [1.29, 1.82) is 0 Å². The van der Waals surface area contributed by atoms with E-state index in [1.165, 1.54) is 15.3 Å². The number of hydrogen-bond donors (Lipinski definition) is 1. The molecule has 0 spiro atoms. The fourth-order valence-corrected chi connectivity index (χ4v) is 3.13. The van der Waals surface area contributed by atoms with Gasteiger partial charge in [-0.3, -0.25) is 4.98 Å². The Morgan fingerprint density at radius 2 is 1.90 bits per heavy atom. The number of nitrogens with zero attached hydrogens (tertiary/aromatic N) is 2. The fraction of sp³-hybridized carbons (Fsp3) is 0.250. The normalized spacial score (nSPS) is 11.0. The molecule has 0 unspecified atom stereocenters. The minimum atomic E-state index is 0.905. The summed E-state index contributed by atoms with van der Waals surface area (Å²) in [5, 5.41) is 4.69. The van der Waals surface area contributed by atoms with Crippen LogP contribution in [0.5, 0.6) is 0 Å². The molecule has 0 radical (unpaired) electrons. The van der Waals surface area contributed by atoms with E-state index in [0.717, 1.165) is 31.4 Å². The first-order valence-corrected chi connectivity index (χ1v) is 7.67. The van der Waals surface area contributed by atoms with E-state index in [2.05, 4.69) is 33.5 Å². The molecule has 102 valence electrons. The van der Waals surface area contributed by atoms with Crippen molar-refractivity contribution in [3.63, 3.8) is 0 Å². The number of aryl methyl sites for hydroxylation is 1. The zero-order valence-electron chi connectivity index (χ0n) is 11.2. The average molecular weight is 283 g/mol. The molecule has 20 heavy (non-hydrogen) atoms. The Morgan fingerprint density at radius 3 is 2.75 bits per heavy atom. The van der Waals surface area contributed by atoms with Crippen LogP contribution in [0.3, 0.4) is 0 Å². The number of nitrogens with one attached hydrogen (secondary N) is 1. The maximum atomic E-state index is 4.65. The highest BCUT2D eigenvalue weighted by molar-refractivity contribution is 7.18. The van der Waals surface area contributed by atoms with Crippen molar-refractivity contribution >= 4 is 21.6 Å². The minimum absolute atomic E-state index is 0.905. The first-order chi connectivity index (χ1) is 9.92. The topological polar surface area (TPSA) is 37.8 Å². The van der Waals surface area contributed by atoms with Gasteiger partial charge in [-0.25, -0.2) is 4.98 Å². The van der Waals surface area contributed by atoms with Crippen molar-refractivity contribution in [2.75, 3.05) is 6.54 Å². The monoisotopic (exact) mass is 283 g/mol. The maximum absolute atomic E-state index is 4.65. The molecule has 0 aliphatic carbocycles. The van der Waals surface area contributed by atoms with Crippen LogP contribution in [0.1, 0.15) is 17.0 Å². The van der Waals surface area contributed by atoms with Crippen LogP contribution in [-0.2, 0) is 13.0 Å². The summed E-state index contributed by atoms with van der Waals surface area (Å²) in [4.78, 5) is 8.67. The molecule has 3 rings (SSSR count). The van der Waals surface area contributed by atoms with Crippen LogP contribution in [-0.4, -0.2) is 16.5 Å². The molecule has 1 N–H and O–H groups in total. The van der Waals surface area contributed by atoms with Gasteiger partial charge < -0.3 is 5.32 Å². The third-order valence-corrected chi connectivity index (χ3v) is 4.26. The number of benzene rings is 1. The Kier molecular flexibility index (Phi) is 4.35. The van der Waals surface area contributed by atoms with Crippen molar-refractivity contribution in [3.05, 3.63) is 59.4 Å². The zero-order valence-corrected chi connectivity index (χ0v) is 12.1. The summed E-state index contributed by atoms with van der Waals surface area (Å²) in [5.74, 6) is 0. The Morgan fingerprint density at radius 1 is 1.05 bits per heavy atom. The Balaban J connectivity index is 1.43. The van der Waals surface area contributed by atoms with Crippen LogP contribution in [0.15, 0.2) is 48.8 Å². The van der Waals surface area contributed by atoms with E-state index < -0.39 is 0 Å². The summed E-state index contributed by atoms with van der Waals surface area (Å²) in [6, 6.07) is 12.4. The Hall–Kier alpha value is -1.78. The molecular formula is C16H17N3S. The highest BCUT2D eigenvalue weighted by Gasteiger charge is 2.02. The second-order valence-electron chi connectivity index (χ2n) is 4.71. The third kappa shape index (κ3) is 3.40. The van der Waals surface area contributed by atoms with E-state index in [1.54, 1.807) is 11.3 Å². The molecule has 1 aromatic carbocycles. The van der Waals surface area contributed by atoms with Gasteiger partial charge in [0.15, 0.2) is 0 Å². The number of thiazole rings is 1. The molecule has 0 aliphatic heterocycles. The number of rotatable bonds is 6. The van der Waals surface area contributed by atoms with E-state index in [0.29, 0.717) is 0 Å². The van der Waals surface area contributed by atoms with Crippen molar-refractivity contribution in [2.24, 2.45) is 0 Å². The zero-order chi connectivity index (χ0) is 13.6. The summed E-state index contributed by atoms with van der Waals surface area (Å²) in [7, 11) is 0. The first-order valence-electron chi connectivity index (χ1n) is 6.86. The van der Waals surface area contributed by atoms with Crippen molar-refractivity contribution in [2.45, 2.75) is 19.4 Å². The van der Waals surface area contributed by atoms with Crippen molar-refractivity contribution in [1.82, 2.24) is 15.3 Å². The van der Waals surface area contributed by atoms with Crippen LogP contribution in [0.2, 0.25) is 0 Å². The molecule has 0 fully saturated rings. The lowest BCUT2D eigenvalue weighted by atomic mass is 10.2. The van der Waals surface area contributed by atoms with Crippen molar-refractivity contribution in [3.8, 4) is 0 Å². The molecule has 0 aliphatic rings. The van der Waals surface area contributed by atoms with Gasteiger partial charge in [-0.05, 0) is 42.8 Å². The lowest BCUT2D eigenvalue weighted by molar-refractivity contribution is 0.648. The highest BCUT2D eigenvalue weighted by Crippen LogP contribution is 2.22. The molecule has 4 heteroatoms. The van der Waals surface area contributed by atoms with E-state index in [1.807, 2.05) is 30.6 Å². The van der Waals surface area contributed by atoms with Gasteiger partial charge in [-0.1, -0.05) is 12.1 Å². The van der Waals surface area contributed by atoms with Gasteiger partial charge in [0.25, 0.3) is 0 Å². The molecule has 0 amide bonds. The Labute approximate surface area is 122 Å². The smallest absolute Gasteiger partial charge is 0.0939 e. The molecule has 3 aromatic rings. The summed E-state index contributed by atoms with van der Waals surface area (Å²) in [6.07, 6.45) is 5.82. The molecule has 3 nitrogen and oxygen atoms in total.